The molecule has 1 aliphatic rings. The van der Waals surface area contributed by atoms with Crippen molar-refractivity contribution in [1.29, 1.82) is 0 Å². The van der Waals surface area contributed by atoms with Gasteiger partial charge in [-0.1, -0.05) is 42.5 Å². The first kappa shape index (κ1) is 9.61. The minimum Gasteiger partial charge on any atom is -0.386 e. The molecular formula is C15H14O. The Morgan fingerprint density at radius 2 is 1.62 bits per heavy atom. The van der Waals surface area contributed by atoms with Gasteiger partial charge in [-0.05, 0) is 41.3 Å². The standard InChI is InChI=1S/C15H14O/c1-15(2,16)13-9-8-11-7-6-10-4-3-5-12(13)14(10)11/h3-9,16H,1-2H3. The summed E-state index contributed by atoms with van der Waals surface area (Å²) in [5.41, 5.74) is 2.70. The monoisotopic (exact) mass is 210 g/mol. The molecule has 0 fully saturated rings. The molecule has 0 saturated heterocycles. The number of rotatable bonds is 1. The van der Waals surface area contributed by atoms with Crippen molar-refractivity contribution in [3.8, 4) is 0 Å². The largest absolute Gasteiger partial charge is 0.386 e. The lowest BCUT2D eigenvalue weighted by Crippen LogP contribution is -2.15. The molecule has 1 nitrogen and oxygen atoms in total. The van der Waals surface area contributed by atoms with Gasteiger partial charge in [0.2, 0.25) is 0 Å². The van der Waals surface area contributed by atoms with Crippen LogP contribution in [0.5, 0.6) is 0 Å². The molecular weight excluding hydrogens is 196 g/mol. The van der Waals surface area contributed by atoms with Gasteiger partial charge in [-0.25, -0.2) is 0 Å². The molecule has 80 valence electrons. The van der Waals surface area contributed by atoms with Gasteiger partial charge in [0, 0.05) is 0 Å². The van der Waals surface area contributed by atoms with Crippen molar-refractivity contribution in [3.63, 3.8) is 0 Å². The van der Waals surface area contributed by atoms with E-state index in [-0.39, 0.29) is 0 Å². The summed E-state index contributed by atoms with van der Waals surface area (Å²) in [5.74, 6) is 0. The van der Waals surface area contributed by atoms with E-state index in [1.165, 1.54) is 16.5 Å². The van der Waals surface area contributed by atoms with E-state index in [0.29, 0.717) is 0 Å². The van der Waals surface area contributed by atoms with Gasteiger partial charge in [-0.15, -0.1) is 0 Å². The lowest BCUT2D eigenvalue weighted by Gasteiger charge is -2.20. The summed E-state index contributed by atoms with van der Waals surface area (Å²) in [5, 5.41) is 12.6. The van der Waals surface area contributed by atoms with Crippen molar-refractivity contribution in [1.82, 2.24) is 0 Å². The Balaban J connectivity index is 2.45. The third-order valence-electron chi connectivity index (χ3n) is 3.21. The summed E-state index contributed by atoms with van der Waals surface area (Å²) in [6.07, 6.45) is 4.26. The maximum Gasteiger partial charge on any atom is 0.0846 e. The van der Waals surface area contributed by atoms with E-state index in [2.05, 4.69) is 30.4 Å². The number of aliphatic hydroxyl groups is 1. The van der Waals surface area contributed by atoms with Crippen LogP contribution in [0.3, 0.4) is 0 Å². The van der Waals surface area contributed by atoms with Crippen LogP contribution < -0.4 is 0 Å². The van der Waals surface area contributed by atoms with Crippen LogP contribution in [0, 0.1) is 0 Å². The van der Waals surface area contributed by atoms with Crippen LogP contribution in [0.1, 0.15) is 30.5 Å². The highest BCUT2D eigenvalue weighted by atomic mass is 16.3. The SMILES string of the molecule is CC(C)(O)c1ccc2c3c(cccc13)C=C2. The summed E-state index contributed by atoms with van der Waals surface area (Å²) in [7, 11) is 0. The van der Waals surface area contributed by atoms with Crippen LogP contribution in [0.25, 0.3) is 22.9 Å². The van der Waals surface area contributed by atoms with Crippen LogP contribution >= 0.6 is 0 Å². The maximum atomic E-state index is 10.2. The van der Waals surface area contributed by atoms with E-state index in [9.17, 15) is 5.11 Å². The summed E-state index contributed by atoms with van der Waals surface area (Å²) < 4.78 is 0. The average molecular weight is 210 g/mol. The quantitative estimate of drug-likeness (QED) is 0.651. The summed E-state index contributed by atoms with van der Waals surface area (Å²) in [6, 6.07) is 10.4. The molecule has 3 rings (SSSR count). The second kappa shape index (κ2) is 2.96. The van der Waals surface area contributed by atoms with Crippen molar-refractivity contribution in [3.05, 3.63) is 47.0 Å². The van der Waals surface area contributed by atoms with E-state index in [4.69, 9.17) is 0 Å². The van der Waals surface area contributed by atoms with Gasteiger partial charge >= 0.3 is 0 Å². The van der Waals surface area contributed by atoms with E-state index in [1.54, 1.807) is 0 Å². The van der Waals surface area contributed by atoms with Crippen molar-refractivity contribution in [2.24, 2.45) is 0 Å². The van der Waals surface area contributed by atoms with E-state index >= 15 is 0 Å². The number of benzene rings is 2. The number of hydrogen-bond acceptors (Lipinski definition) is 1. The summed E-state index contributed by atoms with van der Waals surface area (Å²) in [4.78, 5) is 0. The molecule has 0 radical (unpaired) electrons. The highest BCUT2D eigenvalue weighted by Crippen LogP contribution is 2.36. The Morgan fingerprint density at radius 3 is 2.31 bits per heavy atom. The first-order valence-electron chi connectivity index (χ1n) is 5.54. The zero-order valence-electron chi connectivity index (χ0n) is 9.49. The first-order valence-corrected chi connectivity index (χ1v) is 5.54. The molecule has 2 aromatic carbocycles. The molecule has 0 bridgehead atoms. The fraction of sp³-hybridized carbons (Fsp3) is 0.200. The predicted molar refractivity (Wildman–Crippen MR) is 68.1 cm³/mol. The van der Waals surface area contributed by atoms with Crippen LogP contribution in [0.4, 0.5) is 0 Å². The minimum atomic E-state index is -0.792. The molecule has 2 aromatic rings. The fourth-order valence-electron chi connectivity index (χ4n) is 2.45. The van der Waals surface area contributed by atoms with Gasteiger partial charge in [-0.3, -0.25) is 0 Å². The highest BCUT2D eigenvalue weighted by Gasteiger charge is 2.21. The lowest BCUT2D eigenvalue weighted by atomic mass is 9.90. The van der Waals surface area contributed by atoms with Gasteiger partial charge < -0.3 is 5.11 Å². The third kappa shape index (κ3) is 1.22. The van der Waals surface area contributed by atoms with Gasteiger partial charge in [0.05, 0.1) is 5.60 Å². The molecule has 0 aliphatic heterocycles. The van der Waals surface area contributed by atoms with Crippen LogP contribution in [-0.2, 0) is 5.60 Å². The average Bonchev–Trinajstić information content (AvgIpc) is 2.63. The topological polar surface area (TPSA) is 20.2 Å². The molecule has 0 amide bonds. The molecule has 16 heavy (non-hydrogen) atoms. The van der Waals surface area contributed by atoms with Crippen LogP contribution in [0.2, 0.25) is 0 Å². The molecule has 0 heterocycles. The predicted octanol–water partition coefficient (Wildman–Crippen LogP) is 3.55. The van der Waals surface area contributed by atoms with Gasteiger partial charge in [0.1, 0.15) is 0 Å². The molecule has 0 spiro atoms. The van der Waals surface area contributed by atoms with Crippen molar-refractivity contribution < 1.29 is 5.11 Å². The lowest BCUT2D eigenvalue weighted by molar-refractivity contribution is 0.0802. The second-order valence-electron chi connectivity index (χ2n) is 4.86. The molecule has 0 atom stereocenters. The summed E-state index contributed by atoms with van der Waals surface area (Å²) >= 11 is 0. The number of hydrogen-bond donors (Lipinski definition) is 1. The zero-order valence-corrected chi connectivity index (χ0v) is 9.49. The van der Waals surface area contributed by atoms with Crippen molar-refractivity contribution >= 4 is 22.9 Å². The molecule has 1 heteroatoms. The Labute approximate surface area is 95.0 Å². The third-order valence-corrected chi connectivity index (χ3v) is 3.21. The van der Waals surface area contributed by atoms with E-state index in [1.807, 2.05) is 26.0 Å². The van der Waals surface area contributed by atoms with Crippen molar-refractivity contribution in [2.75, 3.05) is 0 Å². The highest BCUT2D eigenvalue weighted by molar-refractivity contribution is 6.06. The Hall–Kier alpha value is -1.60. The zero-order chi connectivity index (χ0) is 11.3. The van der Waals surface area contributed by atoms with E-state index < -0.39 is 5.60 Å². The molecule has 0 unspecified atom stereocenters. The maximum absolute atomic E-state index is 10.2. The molecule has 1 aliphatic carbocycles. The Bertz CT molecular complexity index is 588. The van der Waals surface area contributed by atoms with Gasteiger partial charge in [0.15, 0.2) is 0 Å². The second-order valence-corrected chi connectivity index (χ2v) is 4.86. The summed E-state index contributed by atoms with van der Waals surface area (Å²) in [6.45, 7) is 3.67. The minimum absolute atomic E-state index is 0.792. The molecule has 0 saturated carbocycles. The molecule has 0 aromatic heterocycles. The normalized spacial score (nSPS) is 13.7. The smallest absolute Gasteiger partial charge is 0.0846 e. The first-order chi connectivity index (χ1) is 7.57. The Kier molecular flexibility index (Phi) is 1.78. The van der Waals surface area contributed by atoms with Crippen LogP contribution in [-0.4, -0.2) is 5.11 Å². The van der Waals surface area contributed by atoms with Gasteiger partial charge in [0.25, 0.3) is 0 Å². The van der Waals surface area contributed by atoms with Gasteiger partial charge in [-0.2, -0.15) is 0 Å². The fourth-order valence-corrected chi connectivity index (χ4v) is 2.45. The van der Waals surface area contributed by atoms with Crippen molar-refractivity contribution in [2.45, 2.75) is 19.4 Å². The van der Waals surface area contributed by atoms with E-state index in [0.717, 1.165) is 10.9 Å². The molecule has 1 N–H and O–H groups in total. The Morgan fingerprint density at radius 1 is 0.938 bits per heavy atom. The van der Waals surface area contributed by atoms with Crippen LogP contribution in [0.15, 0.2) is 30.3 Å².